The first-order chi connectivity index (χ1) is 13.0. The fourth-order valence-corrected chi connectivity index (χ4v) is 2.53. The Labute approximate surface area is 161 Å². The van der Waals surface area contributed by atoms with Crippen molar-refractivity contribution in [2.45, 2.75) is 6.92 Å². The molecule has 0 spiro atoms. The van der Waals surface area contributed by atoms with Crippen molar-refractivity contribution in [3.8, 4) is 0 Å². The molecule has 3 N–H and O–H groups in total. The van der Waals surface area contributed by atoms with E-state index >= 15 is 0 Å². The molecular formula is C20H17ClN4O2. The maximum absolute atomic E-state index is 12.3. The molecule has 6 nitrogen and oxygen atoms in total. The van der Waals surface area contributed by atoms with E-state index in [0.29, 0.717) is 27.8 Å². The van der Waals surface area contributed by atoms with Gasteiger partial charge in [-0.1, -0.05) is 23.7 Å². The van der Waals surface area contributed by atoms with E-state index in [4.69, 9.17) is 11.6 Å². The molecule has 3 rings (SSSR count). The van der Waals surface area contributed by atoms with Crippen LogP contribution in [0.3, 0.4) is 0 Å². The molecule has 0 unspecified atom stereocenters. The van der Waals surface area contributed by atoms with Crippen molar-refractivity contribution in [3.05, 3.63) is 77.4 Å². The molecule has 136 valence electrons. The molecule has 2 amide bonds. The van der Waals surface area contributed by atoms with Crippen molar-refractivity contribution < 1.29 is 9.59 Å². The summed E-state index contributed by atoms with van der Waals surface area (Å²) in [6.07, 6.45) is 1.49. The van der Waals surface area contributed by atoms with Crippen LogP contribution in [-0.4, -0.2) is 16.8 Å². The molecule has 0 saturated carbocycles. The van der Waals surface area contributed by atoms with Gasteiger partial charge in [-0.2, -0.15) is 0 Å². The Balaban J connectivity index is 1.64. The summed E-state index contributed by atoms with van der Waals surface area (Å²) in [7, 11) is 0. The number of nitrogens with one attached hydrogen (secondary N) is 3. The van der Waals surface area contributed by atoms with Gasteiger partial charge in [0, 0.05) is 24.5 Å². The number of carbonyl (C=O) groups is 2. The molecule has 1 aromatic heterocycles. The summed E-state index contributed by atoms with van der Waals surface area (Å²) in [5, 5.41) is 9.06. The molecule has 3 aromatic rings. The van der Waals surface area contributed by atoms with E-state index < -0.39 is 0 Å². The first kappa shape index (κ1) is 18.4. The van der Waals surface area contributed by atoms with E-state index in [0.717, 1.165) is 5.69 Å². The van der Waals surface area contributed by atoms with E-state index in [1.54, 1.807) is 48.5 Å². The van der Waals surface area contributed by atoms with Crippen molar-refractivity contribution in [1.29, 1.82) is 0 Å². The van der Waals surface area contributed by atoms with Gasteiger partial charge in [0.1, 0.15) is 5.82 Å². The van der Waals surface area contributed by atoms with Gasteiger partial charge >= 0.3 is 0 Å². The van der Waals surface area contributed by atoms with E-state index in [-0.39, 0.29) is 11.8 Å². The molecule has 7 heteroatoms. The smallest absolute Gasteiger partial charge is 0.257 e. The highest BCUT2D eigenvalue weighted by atomic mass is 35.5. The normalized spacial score (nSPS) is 10.1. The van der Waals surface area contributed by atoms with Gasteiger partial charge in [0.15, 0.2) is 0 Å². The second-order valence-corrected chi connectivity index (χ2v) is 6.16. The summed E-state index contributed by atoms with van der Waals surface area (Å²) in [4.78, 5) is 27.6. The minimum absolute atomic E-state index is 0.122. The van der Waals surface area contributed by atoms with Crippen LogP contribution in [0.25, 0.3) is 0 Å². The molecule has 27 heavy (non-hydrogen) atoms. The summed E-state index contributed by atoms with van der Waals surface area (Å²) >= 11 is 6.05. The number of aromatic nitrogens is 1. The molecule has 0 saturated heterocycles. The van der Waals surface area contributed by atoms with Gasteiger partial charge in [-0.3, -0.25) is 9.59 Å². The zero-order valence-electron chi connectivity index (χ0n) is 14.5. The predicted octanol–water partition coefficient (Wildman–Crippen LogP) is 4.69. The first-order valence-corrected chi connectivity index (χ1v) is 8.56. The van der Waals surface area contributed by atoms with Crippen LogP contribution in [0.15, 0.2) is 66.9 Å². The molecular weight excluding hydrogens is 364 g/mol. The molecule has 0 radical (unpaired) electrons. The number of benzene rings is 2. The van der Waals surface area contributed by atoms with Crippen molar-refractivity contribution in [1.82, 2.24) is 4.98 Å². The maximum Gasteiger partial charge on any atom is 0.257 e. The SMILES string of the molecule is CC(=O)Nc1ccc(Nc2ccc(C(=O)Nc3ccccc3Cl)cn2)cc1. The Morgan fingerprint density at radius 2 is 1.59 bits per heavy atom. The van der Waals surface area contributed by atoms with Crippen LogP contribution in [-0.2, 0) is 4.79 Å². The van der Waals surface area contributed by atoms with Crippen LogP contribution < -0.4 is 16.0 Å². The topological polar surface area (TPSA) is 83.1 Å². The Morgan fingerprint density at radius 1 is 0.889 bits per heavy atom. The fourth-order valence-electron chi connectivity index (χ4n) is 2.35. The quantitative estimate of drug-likeness (QED) is 0.599. The maximum atomic E-state index is 12.3. The molecule has 1 heterocycles. The van der Waals surface area contributed by atoms with Gasteiger partial charge < -0.3 is 16.0 Å². The fraction of sp³-hybridized carbons (Fsp3) is 0.0500. The number of para-hydroxylation sites is 1. The van der Waals surface area contributed by atoms with Crippen molar-refractivity contribution >= 4 is 46.3 Å². The Hall–Kier alpha value is -3.38. The third-order valence-corrected chi connectivity index (χ3v) is 3.95. The molecule has 0 atom stereocenters. The number of hydrogen-bond donors (Lipinski definition) is 3. The molecule has 0 fully saturated rings. The van der Waals surface area contributed by atoms with Crippen LogP contribution in [0.2, 0.25) is 5.02 Å². The van der Waals surface area contributed by atoms with Crippen LogP contribution in [0, 0.1) is 0 Å². The summed E-state index contributed by atoms with van der Waals surface area (Å²) in [5.74, 6) is 0.182. The first-order valence-electron chi connectivity index (χ1n) is 8.18. The lowest BCUT2D eigenvalue weighted by atomic mass is 10.2. The summed E-state index contributed by atoms with van der Waals surface area (Å²) in [5.41, 5.74) is 2.49. The highest BCUT2D eigenvalue weighted by molar-refractivity contribution is 6.33. The Kier molecular flexibility index (Phi) is 5.68. The van der Waals surface area contributed by atoms with E-state index in [2.05, 4.69) is 20.9 Å². The lowest BCUT2D eigenvalue weighted by molar-refractivity contribution is -0.114. The van der Waals surface area contributed by atoms with Crippen LogP contribution >= 0.6 is 11.6 Å². The highest BCUT2D eigenvalue weighted by Gasteiger charge is 2.09. The van der Waals surface area contributed by atoms with Gasteiger partial charge in [-0.05, 0) is 48.5 Å². The lowest BCUT2D eigenvalue weighted by Crippen LogP contribution is -2.12. The average Bonchev–Trinajstić information content (AvgIpc) is 2.65. The van der Waals surface area contributed by atoms with E-state index in [9.17, 15) is 9.59 Å². The Morgan fingerprint density at radius 3 is 2.22 bits per heavy atom. The van der Waals surface area contributed by atoms with E-state index in [1.807, 2.05) is 12.1 Å². The average molecular weight is 381 g/mol. The monoisotopic (exact) mass is 380 g/mol. The third kappa shape index (κ3) is 5.05. The highest BCUT2D eigenvalue weighted by Crippen LogP contribution is 2.22. The summed E-state index contributed by atoms with van der Waals surface area (Å²) in [6.45, 7) is 1.46. The minimum Gasteiger partial charge on any atom is -0.340 e. The predicted molar refractivity (Wildman–Crippen MR) is 108 cm³/mol. The number of nitrogens with zero attached hydrogens (tertiary/aromatic N) is 1. The van der Waals surface area contributed by atoms with Crippen molar-refractivity contribution in [2.75, 3.05) is 16.0 Å². The summed E-state index contributed by atoms with van der Waals surface area (Å²) < 4.78 is 0. The van der Waals surface area contributed by atoms with Crippen LogP contribution in [0.1, 0.15) is 17.3 Å². The molecule has 2 aromatic carbocycles. The van der Waals surface area contributed by atoms with Crippen LogP contribution in [0.4, 0.5) is 22.9 Å². The van der Waals surface area contributed by atoms with Gasteiger partial charge in [0.25, 0.3) is 5.91 Å². The number of anilines is 4. The second-order valence-electron chi connectivity index (χ2n) is 5.75. The van der Waals surface area contributed by atoms with Crippen molar-refractivity contribution in [2.24, 2.45) is 0 Å². The zero-order chi connectivity index (χ0) is 19.2. The second kappa shape index (κ2) is 8.33. The minimum atomic E-state index is -0.290. The largest absolute Gasteiger partial charge is 0.340 e. The third-order valence-electron chi connectivity index (χ3n) is 3.63. The van der Waals surface area contributed by atoms with Gasteiger partial charge in [-0.15, -0.1) is 0 Å². The van der Waals surface area contributed by atoms with E-state index in [1.165, 1.54) is 13.1 Å². The van der Waals surface area contributed by atoms with Gasteiger partial charge in [0.05, 0.1) is 16.3 Å². The van der Waals surface area contributed by atoms with Gasteiger partial charge in [0.2, 0.25) is 5.91 Å². The molecule has 0 aliphatic rings. The number of pyridine rings is 1. The molecule has 0 aliphatic carbocycles. The number of hydrogen-bond acceptors (Lipinski definition) is 4. The van der Waals surface area contributed by atoms with Crippen LogP contribution in [0.5, 0.6) is 0 Å². The number of halogens is 1. The lowest BCUT2D eigenvalue weighted by Gasteiger charge is -2.09. The number of amides is 2. The molecule has 0 bridgehead atoms. The summed E-state index contributed by atoms with van der Waals surface area (Å²) in [6, 6.07) is 17.6. The van der Waals surface area contributed by atoms with Crippen molar-refractivity contribution in [3.63, 3.8) is 0 Å². The number of rotatable bonds is 5. The Bertz CT molecular complexity index is 956. The standard InChI is InChI=1S/C20H17ClN4O2/c1-13(26)23-15-7-9-16(10-8-15)24-19-11-6-14(12-22-19)20(27)25-18-5-3-2-4-17(18)21/h2-12H,1H3,(H,22,24)(H,23,26)(H,25,27). The number of carbonyl (C=O) groups excluding carboxylic acids is 2. The zero-order valence-corrected chi connectivity index (χ0v) is 15.2. The molecule has 0 aliphatic heterocycles. The van der Waals surface area contributed by atoms with Gasteiger partial charge in [-0.25, -0.2) is 4.98 Å².